The number of hydrogen-bond donors (Lipinski definition) is 2. The van der Waals surface area contributed by atoms with Crippen molar-refractivity contribution in [1.82, 2.24) is 10.6 Å². The van der Waals surface area contributed by atoms with Crippen LogP contribution in [0.5, 0.6) is 0 Å². The molecule has 2 N–H and O–H groups in total. The number of halogens is 2. The number of nitrogens with one attached hydrogen (secondary N) is 2. The van der Waals surface area contributed by atoms with E-state index in [1.54, 1.807) is 0 Å². The first-order chi connectivity index (χ1) is 10.7. The fourth-order valence-corrected chi connectivity index (χ4v) is 2.40. The monoisotopic (exact) mass is 311 g/mol. The first kappa shape index (κ1) is 16.7. The van der Waals surface area contributed by atoms with Crippen LogP contribution in [0.25, 0.3) is 0 Å². The third kappa shape index (κ3) is 5.60. The van der Waals surface area contributed by atoms with Crippen LogP contribution in [0.3, 0.4) is 0 Å². The Balaban J connectivity index is 1.81. The minimum Gasteiger partial charge on any atom is -0.376 e. The molecule has 1 heterocycles. The topological polar surface area (TPSA) is 45.7 Å². The minimum atomic E-state index is -0.547. The fraction of sp³-hybridized carbons (Fsp3) is 0.562. The fourth-order valence-electron chi connectivity index (χ4n) is 2.40. The standard InChI is InChI=1S/C16H23F2N3O/c1-2-19-16(21-11-15-4-3-7-22-15)20-6-5-12-8-13(17)10-14(18)9-12/h8-10,15H,2-7,11H2,1H3,(H2,19,20,21). The van der Waals surface area contributed by atoms with Crippen molar-refractivity contribution in [2.24, 2.45) is 4.99 Å². The second-order valence-electron chi connectivity index (χ2n) is 5.31. The number of nitrogens with zero attached hydrogens (tertiary/aromatic N) is 1. The molecule has 1 aromatic rings. The molecule has 1 saturated heterocycles. The summed E-state index contributed by atoms with van der Waals surface area (Å²) >= 11 is 0. The predicted molar refractivity (Wildman–Crippen MR) is 83.0 cm³/mol. The van der Waals surface area contributed by atoms with Crippen molar-refractivity contribution >= 4 is 5.96 Å². The molecule has 0 aliphatic carbocycles. The van der Waals surface area contributed by atoms with E-state index >= 15 is 0 Å². The van der Waals surface area contributed by atoms with Gasteiger partial charge in [0.2, 0.25) is 0 Å². The average Bonchev–Trinajstić information content (AvgIpc) is 2.97. The number of guanidine groups is 1. The smallest absolute Gasteiger partial charge is 0.191 e. The first-order valence-corrected chi connectivity index (χ1v) is 7.76. The molecule has 1 aliphatic rings. The molecule has 0 spiro atoms. The molecule has 1 unspecified atom stereocenters. The highest BCUT2D eigenvalue weighted by molar-refractivity contribution is 5.79. The van der Waals surface area contributed by atoms with Gasteiger partial charge in [0, 0.05) is 25.8 Å². The SMILES string of the molecule is CCNC(=NCC1CCCO1)NCCc1cc(F)cc(F)c1. The van der Waals surface area contributed by atoms with E-state index in [-0.39, 0.29) is 6.10 Å². The van der Waals surface area contributed by atoms with E-state index in [1.165, 1.54) is 12.1 Å². The van der Waals surface area contributed by atoms with Gasteiger partial charge in [-0.15, -0.1) is 0 Å². The predicted octanol–water partition coefficient (Wildman–Crippen LogP) is 2.24. The lowest BCUT2D eigenvalue weighted by atomic mass is 10.1. The zero-order valence-corrected chi connectivity index (χ0v) is 12.9. The van der Waals surface area contributed by atoms with Crippen LogP contribution in [-0.4, -0.2) is 38.3 Å². The van der Waals surface area contributed by atoms with Gasteiger partial charge in [-0.25, -0.2) is 8.78 Å². The maximum atomic E-state index is 13.1. The molecule has 0 saturated carbocycles. The van der Waals surface area contributed by atoms with Gasteiger partial charge in [0.15, 0.2) is 5.96 Å². The van der Waals surface area contributed by atoms with Crippen LogP contribution in [0.2, 0.25) is 0 Å². The molecule has 1 fully saturated rings. The Morgan fingerprint density at radius 1 is 1.27 bits per heavy atom. The molecule has 0 radical (unpaired) electrons. The summed E-state index contributed by atoms with van der Waals surface area (Å²) in [6.45, 7) is 4.75. The lowest BCUT2D eigenvalue weighted by molar-refractivity contribution is 0.117. The number of rotatable bonds is 6. The molecule has 6 heteroatoms. The molecule has 22 heavy (non-hydrogen) atoms. The van der Waals surface area contributed by atoms with Gasteiger partial charge in [0.1, 0.15) is 11.6 Å². The number of benzene rings is 1. The Bertz CT molecular complexity index is 482. The van der Waals surface area contributed by atoms with Gasteiger partial charge in [-0.3, -0.25) is 4.99 Å². The van der Waals surface area contributed by atoms with Gasteiger partial charge in [-0.1, -0.05) is 0 Å². The molecule has 0 amide bonds. The van der Waals surface area contributed by atoms with E-state index in [1.807, 2.05) is 6.92 Å². The van der Waals surface area contributed by atoms with Gasteiger partial charge in [0.05, 0.1) is 12.6 Å². The lowest BCUT2D eigenvalue weighted by Gasteiger charge is -2.13. The molecule has 2 rings (SSSR count). The van der Waals surface area contributed by atoms with Gasteiger partial charge >= 0.3 is 0 Å². The van der Waals surface area contributed by atoms with Crippen LogP contribution in [0, 0.1) is 11.6 Å². The molecule has 0 bridgehead atoms. The van der Waals surface area contributed by atoms with Crippen LogP contribution in [0.1, 0.15) is 25.3 Å². The highest BCUT2D eigenvalue weighted by Gasteiger charge is 2.14. The van der Waals surface area contributed by atoms with Crippen molar-refractivity contribution in [3.63, 3.8) is 0 Å². The normalized spacial score (nSPS) is 18.5. The second-order valence-corrected chi connectivity index (χ2v) is 5.31. The maximum absolute atomic E-state index is 13.1. The van der Waals surface area contributed by atoms with Crippen molar-refractivity contribution in [3.05, 3.63) is 35.4 Å². The van der Waals surface area contributed by atoms with Gasteiger partial charge in [0.25, 0.3) is 0 Å². The highest BCUT2D eigenvalue weighted by atomic mass is 19.1. The van der Waals surface area contributed by atoms with E-state index in [4.69, 9.17) is 4.74 Å². The van der Waals surface area contributed by atoms with Crippen LogP contribution in [-0.2, 0) is 11.2 Å². The van der Waals surface area contributed by atoms with Crippen molar-refractivity contribution in [3.8, 4) is 0 Å². The average molecular weight is 311 g/mol. The van der Waals surface area contributed by atoms with Gasteiger partial charge < -0.3 is 15.4 Å². The zero-order valence-electron chi connectivity index (χ0n) is 12.9. The summed E-state index contributed by atoms with van der Waals surface area (Å²) in [6.07, 6.45) is 2.87. The van der Waals surface area contributed by atoms with E-state index in [9.17, 15) is 8.78 Å². The highest BCUT2D eigenvalue weighted by Crippen LogP contribution is 2.11. The van der Waals surface area contributed by atoms with Gasteiger partial charge in [-0.05, 0) is 43.9 Å². The zero-order chi connectivity index (χ0) is 15.8. The summed E-state index contributed by atoms with van der Waals surface area (Å²) in [5, 5.41) is 6.32. The van der Waals surface area contributed by atoms with E-state index < -0.39 is 11.6 Å². The molecule has 0 aromatic heterocycles. The quantitative estimate of drug-likeness (QED) is 0.626. The Morgan fingerprint density at radius 3 is 2.68 bits per heavy atom. The lowest BCUT2D eigenvalue weighted by Crippen LogP contribution is -2.39. The summed E-state index contributed by atoms with van der Waals surface area (Å²) in [4.78, 5) is 4.48. The van der Waals surface area contributed by atoms with Crippen LogP contribution in [0.15, 0.2) is 23.2 Å². The van der Waals surface area contributed by atoms with E-state index in [0.717, 1.165) is 32.1 Å². The summed E-state index contributed by atoms with van der Waals surface area (Å²) in [6, 6.07) is 3.58. The van der Waals surface area contributed by atoms with Crippen LogP contribution < -0.4 is 10.6 Å². The second kappa shape index (κ2) is 8.68. The van der Waals surface area contributed by atoms with E-state index in [2.05, 4.69) is 15.6 Å². The molecule has 1 aromatic carbocycles. The molecular weight excluding hydrogens is 288 g/mol. The Labute approximate surface area is 130 Å². The number of hydrogen-bond acceptors (Lipinski definition) is 2. The summed E-state index contributed by atoms with van der Waals surface area (Å²) in [5.41, 5.74) is 0.625. The van der Waals surface area contributed by atoms with Crippen molar-refractivity contribution in [2.75, 3.05) is 26.2 Å². The van der Waals surface area contributed by atoms with Crippen molar-refractivity contribution < 1.29 is 13.5 Å². The summed E-state index contributed by atoms with van der Waals surface area (Å²) in [5.74, 6) is -0.391. The summed E-state index contributed by atoms with van der Waals surface area (Å²) < 4.78 is 31.8. The molecular formula is C16H23F2N3O. The molecule has 1 aliphatic heterocycles. The Morgan fingerprint density at radius 2 is 2.05 bits per heavy atom. The van der Waals surface area contributed by atoms with Crippen molar-refractivity contribution in [2.45, 2.75) is 32.3 Å². The third-order valence-corrected chi connectivity index (χ3v) is 3.45. The Kier molecular flexibility index (Phi) is 6.58. The molecule has 1 atom stereocenters. The van der Waals surface area contributed by atoms with Crippen LogP contribution in [0.4, 0.5) is 8.78 Å². The van der Waals surface area contributed by atoms with Crippen molar-refractivity contribution in [1.29, 1.82) is 0 Å². The summed E-state index contributed by atoms with van der Waals surface area (Å²) in [7, 11) is 0. The number of ether oxygens (including phenoxy) is 1. The molecule has 122 valence electrons. The first-order valence-electron chi connectivity index (χ1n) is 7.76. The Hall–Kier alpha value is -1.69. The number of aliphatic imine (C=N–C) groups is 1. The van der Waals surface area contributed by atoms with Crippen LogP contribution >= 0.6 is 0 Å². The van der Waals surface area contributed by atoms with Gasteiger partial charge in [-0.2, -0.15) is 0 Å². The maximum Gasteiger partial charge on any atom is 0.191 e. The molecule has 4 nitrogen and oxygen atoms in total. The minimum absolute atomic E-state index is 0.202. The largest absolute Gasteiger partial charge is 0.376 e. The van der Waals surface area contributed by atoms with E-state index in [0.29, 0.717) is 31.0 Å². The third-order valence-electron chi connectivity index (χ3n) is 3.45.